The van der Waals surface area contributed by atoms with E-state index in [0.717, 1.165) is 35.7 Å². The lowest BCUT2D eigenvalue weighted by Gasteiger charge is -2.29. The molecule has 10 heteroatoms. The van der Waals surface area contributed by atoms with Crippen LogP contribution in [0.5, 0.6) is 5.75 Å². The first kappa shape index (κ1) is 28.3. The summed E-state index contributed by atoms with van der Waals surface area (Å²) in [6.07, 6.45) is 0.808. The van der Waals surface area contributed by atoms with Gasteiger partial charge in [0.15, 0.2) is 0 Å². The largest absolute Gasteiger partial charge is 0.497 e. The van der Waals surface area contributed by atoms with Crippen LogP contribution in [0.1, 0.15) is 42.3 Å². The fourth-order valence-corrected chi connectivity index (χ4v) is 4.85. The van der Waals surface area contributed by atoms with Crippen LogP contribution in [0.2, 0.25) is 0 Å². The van der Waals surface area contributed by atoms with Crippen molar-refractivity contribution in [2.45, 2.75) is 39.8 Å². The number of para-hydroxylation sites is 1. The Hall–Kier alpha value is -3.76. The number of methoxy groups -OCH3 is 2. The molecule has 39 heavy (non-hydrogen) atoms. The molecule has 4 rings (SSSR count). The third-order valence-electron chi connectivity index (χ3n) is 6.99. The van der Waals surface area contributed by atoms with Crippen molar-refractivity contribution in [3.8, 4) is 11.4 Å². The average Bonchev–Trinajstić information content (AvgIpc) is 3.31. The quantitative estimate of drug-likeness (QED) is 0.479. The number of amides is 2. The van der Waals surface area contributed by atoms with Crippen molar-refractivity contribution in [1.82, 2.24) is 24.6 Å². The third-order valence-corrected chi connectivity index (χ3v) is 6.99. The van der Waals surface area contributed by atoms with E-state index in [2.05, 4.69) is 28.8 Å². The van der Waals surface area contributed by atoms with Gasteiger partial charge in [0.25, 0.3) is 11.8 Å². The molecule has 1 aromatic heterocycles. The highest BCUT2D eigenvalue weighted by Crippen LogP contribution is 2.25. The molecule has 208 valence electrons. The molecular weight excluding hydrogens is 496 g/mol. The second kappa shape index (κ2) is 12.9. The number of carbonyl (C=O) groups is 2. The van der Waals surface area contributed by atoms with E-state index in [9.17, 15) is 9.59 Å². The molecule has 0 saturated carbocycles. The molecule has 3 aromatic rings. The van der Waals surface area contributed by atoms with Crippen LogP contribution in [0, 0.1) is 6.92 Å². The van der Waals surface area contributed by atoms with E-state index >= 15 is 0 Å². The maximum absolute atomic E-state index is 13.9. The summed E-state index contributed by atoms with van der Waals surface area (Å²) >= 11 is 0. The summed E-state index contributed by atoms with van der Waals surface area (Å²) in [4.78, 5) is 37.4. The summed E-state index contributed by atoms with van der Waals surface area (Å²) < 4.78 is 12.1. The minimum Gasteiger partial charge on any atom is -0.497 e. The van der Waals surface area contributed by atoms with Gasteiger partial charge in [0.2, 0.25) is 5.82 Å². The molecule has 10 nitrogen and oxygen atoms in total. The molecular formula is C29H38N6O4. The number of anilines is 1. The van der Waals surface area contributed by atoms with Crippen molar-refractivity contribution in [2.75, 3.05) is 51.9 Å². The first-order valence-electron chi connectivity index (χ1n) is 13.3. The van der Waals surface area contributed by atoms with Crippen LogP contribution in [-0.2, 0) is 16.1 Å². The van der Waals surface area contributed by atoms with Crippen LogP contribution in [0.3, 0.4) is 0 Å². The second-order valence-corrected chi connectivity index (χ2v) is 9.91. The van der Waals surface area contributed by atoms with Gasteiger partial charge in [-0.25, -0.2) is 9.67 Å². The Labute approximate surface area is 230 Å². The fourth-order valence-electron chi connectivity index (χ4n) is 4.85. The zero-order chi connectivity index (χ0) is 27.9. The van der Waals surface area contributed by atoms with Gasteiger partial charge >= 0.3 is 0 Å². The molecule has 0 spiro atoms. The van der Waals surface area contributed by atoms with Crippen molar-refractivity contribution in [3.63, 3.8) is 0 Å². The van der Waals surface area contributed by atoms with Crippen LogP contribution >= 0.6 is 0 Å². The topological polar surface area (TPSA) is 93.0 Å². The Kier molecular flexibility index (Phi) is 9.32. The Morgan fingerprint density at radius 2 is 1.72 bits per heavy atom. The molecule has 1 aliphatic rings. The highest BCUT2D eigenvalue weighted by Gasteiger charge is 2.27. The monoisotopic (exact) mass is 534 g/mol. The predicted molar refractivity (Wildman–Crippen MR) is 149 cm³/mol. The van der Waals surface area contributed by atoms with Crippen LogP contribution in [0.25, 0.3) is 5.69 Å². The van der Waals surface area contributed by atoms with Gasteiger partial charge in [-0.05, 0) is 63.1 Å². The van der Waals surface area contributed by atoms with E-state index < -0.39 is 0 Å². The first-order valence-corrected chi connectivity index (χ1v) is 13.3. The van der Waals surface area contributed by atoms with Crippen molar-refractivity contribution in [1.29, 1.82) is 0 Å². The van der Waals surface area contributed by atoms with Gasteiger partial charge in [0.05, 0.1) is 12.8 Å². The Bertz CT molecular complexity index is 1270. The lowest BCUT2D eigenvalue weighted by Crippen LogP contribution is -2.41. The SMILES string of the molecule is COCC(=O)N1CCCN(C(C)C)CCN(C(=O)c2nc(C)n(-c3ccc(OC)cc3)n2)Cc2ccccc21. The number of fused-ring (bicyclic) bond motifs is 1. The maximum Gasteiger partial charge on any atom is 0.293 e. The third kappa shape index (κ3) is 6.63. The maximum atomic E-state index is 13.9. The number of nitrogens with zero attached hydrogens (tertiary/aromatic N) is 6. The normalized spacial score (nSPS) is 15.1. The fraction of sp³-hybridized carbons (Fsp3) is 0.448. The number of rotatable bonds is 6. The van der Waals surface area contributed by atoms with E-state index in [1.54, 1.807) is 21.6 Å². The molecule has 1 aliphatic heterocycles. The van der Waals surface area contributed by atoms with E-state index in [1.807, 2.05) is 55.5 Å². The molecule has 0 radical (unpaired) electrons. The number of aryl methyl sites for hydroxylation is 1. The van der Waals surface area contributed by atoms with Crippen LogP contribution in [-0.4, -0.2) is 89.4 Å². The predicted octanol–water partition coefficient (Wildman–Crippen LogP) is 3.32. The van der Waals surface area contributed by atoms with Gasteiger partial charge < -0.3 is 19.3 Å². The van der Waals surface area contributed by atoms with Crippen LogP contribution in [0.15, 0.2) is 48.5 Å². The Balaban J connectivity index is 1.68. The standard InChI is InChI=1S/C29H38N6O4/c1-21(2)32-15-8-16-34(27(36)20-38-4)26-10-7-6-9-23(26)19-33(18-17-32)29(37)28-30-22(3)35(31-28)24-11-13-25(39-5)14-12-24/h6-7,9-14,21H,8,15-20H2,1-5H3. The van der Waals surface area contributed by atoms with Gasteiger partial charge in [0, 0.05) is 51.6 Å². The molecule has 0 N–H and O–H groups in total. The molecule has 2 aromatic carbocycles. The minimum absolute atomic E-state index is 0.00311. The summed E-state index contributed by atoms with van der Waals surface area (Å²) in [6, 6.07) is 15.5. The molecule has 0 fully saturated rings. The van der Waals surface area contributed by atoms with Crippen LogP contribution < -0.4 is 9.64 Å². The molecule has 0 aliphatic carbocycles. The van der Waals surface area contributed by atoms with Crippen molar-refractivity contribution in [2.24, 2.45) is 0 Å². The minimum atomic E-state index is -0.252. The first-order chi connectivity index (χ1) is 18.8. The van der Waals surface area contributed by atoms with E-state index in [-0.39, 0.29) is 24.2 Å². The van der Waals surface area contributed by atoms with Gasteiger partial charge in [0.1, 0.15) is 18.2 Å². The summed E-state index contributed by atoms with van der Waals surface area (Å²) in [5, 5.41) is 4.58. The number of ether oxygens (including phenoxy) is 2. The number of benzene rings is 2. The Morgan fingerprint density at radius 3 is 2.41 bits per heavy atom. The lowest BCUT2D eigenvalue weighted by molar-refractivity contribution is -0.122. The molecule has 2 heterocycles. The van der Waals surface area contributed by atoms with E-state index in [1.165, 1.54) is 7.11 Å². The molecule has 0 atom stereocenters. The van der Waals surface area contributed by atoms with Gasteiger partial charge in [-0.2, -0.15) is 0 Å². The van der Waals surface area contributed by atoms with Gasteiger partial charge in [-0.1, -0.05) is 18.2 Å². The molecule has 0 bridgehead atoms. The molecule has 0 unspecified atom stereocenters. The summed E-state index contributed by atoms with van der Waals surface area (Å²) in [6.45, 7) is 9.04. The van der Waals surface area contributed by atoms with Crippen molar-refractivity contribution < 1.29 is 19.1 Å². The van der Waals surface area contributed by atoms with Gasteiger partial charge in [-0.3, -0.25) is 14.5 Å². The van der Waals surface area contributed by atoms with Crippen molar-refractivity contribution in [3.05, 3.63) is 65.7 Å². The number of carbonyl (C=O) groups excluding carboxylic acids is 2. The summed E-state index contributed by atoms with van der Waals surface area (Å²) in [7, 11) is 3.14. The van der Waals surface area contributed by atoms with Crippen molar-refractivity contribution >= 4 is 17.5 Å². The highest BCUT2D eigenvalue weighted by molar-refractivity contribution is 5.95. The summed E-state index contributed by atoms with van der Waals surface area (Å²) in [5.41, 5.74) is 2.48. The summed E-state index contributed by atoms with van der Waals surface area (Å²) in [5.74, 6) is 1.13. The molecule has 2 amide bonds. The molecule has 0 saturated heterocycles. The smallest absolute Gasteiger partial charge is 0.293 e. The van der Waals surface area contributed by atoms with E-state index in [0.29, 0.717) is 38.0 Å². The lowest BCUT2D eigenvalue weighted by atomic mass is 10.1. The Morgan fingerprint density at radius 1 is 0.974 bits per heavy atom. The van der Waals surface area contributed by atoms with Gasteiger partial charge in [-0.15, -0.1) is 5.10 Å². The van der Waals surface area contributed by atoms with E-state index in [4.69, 9.17) is 9.47 Å². The number of hydrogen-bond donors (Lipinski definition) is 0. The average molecular weight is 535 g/mol. The highest BCUT2D eigenvalue weighted by atomic mass is 16.5. The zero-order valence-electron chi connectivity index (χ0n) is 23.5. The second-order valence-electron chi connectivity index (χ2n) is 9.91. The number of aromatic nitrogens is 3. The van der Waals surface area contributed by atoms with Crippen LogP contribution in [0.4, 0.5) is 5.69 Å². The number of hydrogen-bond acceptors (Lipinski definition) is 7. The zero-order valence-corrected chi connectivity index (χ0v) is 23.5.